The maximum absolute atomic E-state index is 12.7. The van der Waals surface area contributed by atoms with Crippen LogP contribution in [0.25, 0.3) is 61.3 Å². The first-order valence-corrected chi connectivity index (χ1v) is 15.9. The van der Waals surface area contributed by atoms with E-state index in [0.29, 0.717) is 23.1 Å². The molecule has 0 amide bonds. The number of imidazole rings is 1. The van der Waals surface area contributed by atoms with E-state index in [0.717, 1.165) is 44.4 Å². The molecule has 49 heavy (non-hydrogen) atoms. The monoisotopic (exact) mass is 826 g/mol. The third-order valence-electron chi connectivity index (χ3n) is 8.40. The zero-order valence-electron chi connectivity index (χ0n) is 30.5. The Hall–Kier alpha value is -4.97. The van der Waals surface area contributed by atoms with Gasteiger partial charge in [-0.25, -0.2) is 0 Å². The van der Waals surface area contributed by atoms with Crippen LogP contribution in [-0.4, -0.2) is 19.5 Å². The molecule has 1 radical (unpaired) electrons. The molecule has 0 saturated heterocycles. The Morgan fingerprint density at radius 1 is 0.837 bits per heavy atom. The molecule has 0 fully saturated rings. The van der Waals surface area contributed by atoms with Gasteiger partial charge in [-0.2, -0.15) is 0 Å². The van der Waals surface area contributed by atoms with Crippen LogP contribution in [0.4, 0.5) is 4.39 Å². The zero-order valence-corrected chi connectivity index (χ0v) is 29.9. The van der Waals surface area contributed by atoms with Crippen molar-refractivity contribution < 1.29 is 33.0 Å². The molecule has 247 valence electrons. The molecule has 8 aromatic rings. The summed E-state index contributed by atoms with van der Waals surface area (Å²) < 4.78 is 43.0. The molecule has 5 nitrogen and oxygen atoms in total. The SMILES string of the molecule is CC(C)c1cccc(C(C)C)c1-n1c(-c2[c-]ccc3c2oc2ccccc23)nc2cnccc21.[2H]C([2H])([2H])c1ccc(-c2[c-]cc(F)cc2)nc1.[Ir]. The molecule has 0 spiro atoms. The molecule has 0 unspecified atom stereocenters. The van der Waals surface area contributed by atoms with Crippen molar-refractivity contribution in [2.24, 2.45) is 0 Å². The molecule has 0 N–H and O–H groups in total. The summed E-state index contributed by atoms with van der Waals surface area (Å²) in [6.07, 6.45) is 4.98. The van der Waals surface area contributed by atoms with Crippen molar-refractivity contribution in [3.63, 3.8) is 0 Å². The number of aryl methyl sites for hydroxylation is 1. The van der Waals surface area contributed by atoms with E-state index in [1.54, 1.807) is 12.1 Å². The summed E-state index contributed by atoms with van der Waals surface area (Å²) in [7, 11) is 0. The van der Waals surface area contributed by atoms with Gasteiger partial charge in [0.15, 0.2) is 0 Å². The van der Waals surface area contributed by atoms with E-state index in [-0.39, 0.29) is 31.5 Å². The van der Waals surface area contributed by atoms with E-state index in [4.69, 9.17) is 13.5 Å². The Morgan fingerprint density at radius 3 is 2.33 bits per heavy atom. The fourth-order valence-electron chi connectivity index (χ4n) is 6.07. The van der Waals surface area contributed by atoms with Crippen molar-refractivity contribution in [1.29, 1.82) is 0 Å². The predicted octanol–water partition coefficient (Wildman–Crippen LogP) is 11.0. The maximum atomic E-state index is 12.7. The van der Waals surface area contributed by atoms with E-state index in [2.05, 4.69) is 84.7 Å². The molecule has 0 bridgehead atoms. The van der Waals surface area contributed by atoms with Crippen molar-refractivity contribution in [3.8, 4) is 28.3 Å². The van der Waals surface area contributed by atoms with Crippen molar-refractivity contribution >= 4 is 33.0 Å². The summed E-state index contributed by atoms with van der Waals surface area (Å²) in [5.41, 5.74) is 9.57. The fourth-order valence-corrected chi connectivity index (χ4v) is 6.07. The normalized spacial score (nSPS) is 12.4. The summed E-state index contributed by atoms with van der Waals surface area (Å²) in [6.45, 7) is 6.83. The summed E-state index contributed by atoms with van der Waals surface area (Å²) in [4.78, 5) is 13.5. The van der Waals surface area contributed by atoms with Gasteiger partial charge in [-0.1, -0.05) is 87.2 Å². The largest absolute Gasteiger partial charge is 0.501 e. The molecule has 0 atom stereocenters. The molecule has 4 aromatic heterocycles. The van der Waals surface area contributed by atoms with Crippen molar-refractivity contribution in [2.45, 2.75) is 46.4 Å². The molecule has 0 saturated carbocycles. The number of benzene rings is 4. The second kappa shape index (κ2) is 14.3. The third kappa shape index (κ3) is 6.57. The van der Waals surface area contributed by atoms with Gasteiger partial charge in [-0.3, -0.25) is 14.4 Å². The van der Waals surface area contributed by atoms with E-state index in [9.17, 15) is 4.39 Å². The number of para-hydroxylation sites is 2. The maximum Gasteiger partial charge on any atom is 0.120 e. The van der Waals surface area contributed by atoms with Gasteiger partial charge in [0, 0.05) is 53.5 Å². The van der Waals surface area contributed by atoms with Crippen molar-refractivity contribution in [1.82, 2.24) is 19.5 Å². The first kappa shape index (κ1) is 30.1. The van der Waals surface area contributed by atoms with Crippen LogP contribution >= 0.6 is 0 Å². The average molecular weight is 826 g/mol. The number of halogens is 1. The van der Waals surface area contributed by atoms with Crippen LogP contribution in [-0.2, 0) is 20.1 Å². The predicted molar refractivity (Wildman–Crippen MR) is 192 cm³/mol. The number of fused-ring (bicyclic) bond motifs is 4. The van der Waals surface area contributed by atoms with Crippen LogP contribution in [0.15, 0.2) is 114 Å². The quantitative estimate of drug-likeness (QED) is 0.162. The van der Waals surface area contributed by atoms with Crippen LogP contribution in [0.3, 0.4) is 0 Å². The second-order valence-corrected chi connectivity index (χ2v) is 12.3. The smallest absolute Gasteiger partial charge is 0.120 e. The van der Waals surface area contributed by atoms with E-state index in [1.165, 1.54) is 41.2 Å². The number of aromatic nitrogens is 4. The Bertz CT molecular complexity index is 2460. The Labute approximate surface area is 303 Å². The van der Waals surface area contributed by atoms with Crippen molar-refractivity contribution in [3.05, 3.63) is 144 Å². The first-order chi connectivity index (χ1) is 24.5. The summed E-state index contributed by atoms with van der Waals surface area (Å²) in [5.74, 6) is 1.16. The Balaban J connectivity index is 0.000000218. The van der Waals surface area contributed by atoms with Crippen LogP contribution in [0, 0.1) is 24.8 Å². The molecule has 4 aromatic carbocycles. The molecule has 8 rings (SSSR count). The molecular formula is C42H35FIrN4O-2. The van der Waals surface area contributed by atoms with Crippen LogP contribution in [0.2, 0.25) is 0 Å². The van der Waals surface area contributed by atoms with Gasteiger partial charge >= 0.3 is 0 Å². The summed E-state index contributed by atoms with van der Waals surface area (Å²) in [6, 6.07) is 34.2. The van der Waals surface area contributed by atoms with Crippen LogP contribution in [0.1, 0.15) is 60.3 Å². The number of hydrogen-bond acceptors (Lipinski definition) is 4. The van der Waals surface area contributed by atoms with Gasteiger partial charge in [-0.05, 0) is 53.2 Å². The van der Waals surface area contributed by atoms with Crippen molar-refractivity contribution in [2.75, 3.05) is 0 Å². The van der Waals surface area contributed by atoms with Gasteiger partial charge in [0.25, 0.3) is 0 Å². The van der Waals surface area contributed by atoms with E-state index in [1.807, 2.05) is 42.7 Å². The fraction of sp³-hybridized carbons (Fsp3) is 0.167. The average Bonchev–Trinajstić information content (AvgIpc) is 3.70. The molecular weight excluding hydrogens is 788 g/mol. The van der Waals surface area contributed by atoms with Gasteiger partial charge in [0.1, 0.15) is 5.58 Å². The Kier molecular flexibility index (Phi) is 8.76. The molecule has 0 aliphatic rings. The molecule has 4 heterocycles. The Morgan fingerprint density at radius 2 is 1.63 bits per heavy atom. The van der Waals surface area contributed by atoms with Crippen LogP contribution in [0.5, 0.6) is 0 Å². The summed E-state index contributed by atoms with van der Waals surface area (Å²) >= 11 is 0. The first-order valence-electron chi connectivity index (χ1n) is 17.4. The van der Waals surface area contributed by atoms with E-state index < -0.39 is 6.85 Å². The number of nitrogens with zero attached hydrogens (tertiary/aromatic N) is 4. The third-order valence-corrected chi connectivity index (χ3v) is 8.40. The number of hydrogen-bond donors (Lipinski definition) is 0. The standard InChI is InChI=1S/C30H26N3O.C12H9FN.Ir/c1-18(2)20-10-7-11-21(19(3)4)28(20)33-26-15-16-31-17-25(26)32-30(33)24-13-8-12-23-22-9-5-6-14-27(22)34-29(23)24;1-9-2-7-12(14-8-9)10-3-5-11(13)6-4-10;/h5-12,14-19H,1-4H3;2-3,5-8H,1H3;/q2*-1;/i;1D3;. The minimum absolute atomic E-state index is 0. The van der Waals surface area contributed by atoms with Gasteiger partial charge in [0.2, 0.25) is 0 Å². The topological polar surface area (TPSA) is 56.7 Å². The zero-order chi connectivity index (χ0) is 35.9. The van der Waals surface area contributed by atoms with Gasteiger partial charge < -0.3 is 14.0 Å². The number of rotatable bonds is 5. The molecule has 7 heteroatoms. The van der Waals surface area contributed by atoms with Gasteiger partial charge in [-0.15, -0.1) is 48.0 Å². The minimum atomic E-state index is -2.15. The second-order valence-electron chi connectivity index (χ2n) is 12.3. The van der Waals surface area contributed by atoms with E-state index >= 15 is 0 Å². The minimum Gasteiger partial charge on any atom is -0.501 e. The van der Waals surface area contributed by atoms with Gasteiger partial charge in [0.05, 0.1) is 28.6 Å². The summed E-state index contributed by atoms with van der Waals surface area (Å²) in [5, 5.41) is 2.17. The molecule has 0 aliphatic carbocycles. The molecule has 0 aliphatic heterocycles. The van der Waals surface area contributed by atoms with Crippen LogP contribution < -0.4 is 0 Å². The number of furan rings is 1. The number of pyridine rings is 2.